The SMILES string of the molecule is COc1cc2c(cc1OC)-c1n[nH]c(C(=O)NCC3CCCN4CCCCC34)c1C2. The van der Waals surface area contributed by atoms with E-state index < -0.39 is 0 Å². The number of nitrogens with zero attached hydrogens (tertiary/aromatic N) is 2. The Hall–Kier alpha value is -2.54. The third kappa shape index (κ3) is 3.25. The molecule has 1 aromatic carbocycles. The van der Waals surface area contributed by atoms with Gasteiger partial charge in [0, 0.05) is 30.1 Å². The fourth-order valence-electron chi connectivity index (χ4n) is 5.55. The Labute approximate surface area is 177 Å². The highest BCUT2D eigenvalue weighted by atomic mass is 16.5. The normalized spacial score (nSPS) is 22.7. The number of methoxy groups -OCH3 is 2. The molecule has 7 nitrogen and oxygen atoms in total. The van der Waals surface area contributed by atoms with E-state index in [9.17, 15) is 4.79 Å². The van der Waals surface area contributed by atoms with E-state index in [1.165, 1.54) is 45.2 Å². The predicted octanol–water partition coefficient (Wildman–Crippen LogP) is 2.99. The Bertz CT molecular complexity index is 952. The van der Waals surface area contributed by atoms with Gasteiger partial charge in [0.1, 0.15) is 5.69 Å². The summed E-state index contributed by atoms with van der Waals surface area (Å²) >= 11 is 0. The summed E-state index contributed by atoms with van der Waals surface area (Å²) in [7, 11) is 3.26. The standard InChI is InChI=1S/C23H30N4O3/c1-29-19-11-15-10-17-21(16(15)12-20(19)30-2)25-26-22(17)23(28)24-13-14-6-5-9-27-8-4-3-7-18(14)27/h11-12,14,18H,3-10,13H2,1-2H3,(H,24,28)(H,25,26). The van der Waals surface area contributed by atoms with Gasteiger partial charge in [-0.1, -0.05) is 6.42 Å². The summed E-state index contributed by atoms with van der Waals surface area (Å²) in [6.45, 7) is 3.17. The Morgan fingerprint density at radius 1 is 1.17 bits per heavy atom. The number of piperidine rings is 2. The molecule has 1 aromatic heterocycles. The van der Waals surface area contributed by atoms with Crippen LogP contribution in [-0.4, -0.2) is 60.9 Å². The molecule has 2 aliphatic heterocycles. The zero-order valence-electron chi connectivity index (χ0n) is 17.8. The average Bonchev–Trinajstić information content (AvgIpc) is 3.35. The number of fused-ring (bicyclic) bond motifs is 4. The molecule has 2 aromatic rings. The molecule has 30 heavy (non-hydrogen) atoms. The van der Waals surface area contributed by atoms with Gasteiger partial charge in [-0.25, -0.2) is 0 Å². The third-order valence-electron chi connectivity index (χ3n) is 7.08. The predicted molar refractivity (Wildman–Crippen MR) is 114 cm³/mol. The van der Waals surface area contributed by atoms with Crippen molar-refractivity contribution in [3.63, 3.8) is 0 Å². The number of ether oxygens (including phenoxy) is 2. The van der Waals surface area contributed by atoms with Crippen LogP contribution < -0.4 is 14.8 Å². The quantitative estimate of drug-likeness (QED) is 0.676. The van der Waals surface area contributed by atoms with Crippen LogP contribution in [0.3, 0.4) is 0 Å². The molecule has 1 aliphatic carbocycles. The first-order valence-electron chi connectivity index (χ1n) is 11.0. The first-order chi connectivity index (χ1) is 14.7. The van der Waals surface area contributed by atoms with Gasteiger partial charge in [-0.15, -0.1) is 0 Å². The van der Waals surface area contributed by atoms with E-state index in [0.29, 0.717) is 35.6 Å². The fraction of sp³-hybridized carbons (Fsp3) is 0.565. The number of benzene rings is 1. The molecule has 2 unspecified atom stereocenters. The number of nitrogens with one attached hydrogen (secondary N) is 2. The summed E-state index contributed by atoms with van der Waals surface area (Å²) < 4.78 is 10.9. The smallest absolute Gasteiger partial charge is 0.269 e. The van der Waals surface area contributed by atoms with E-state index in [-0.39, 0.29) is 5.91 Å². The number of aromatic nitrogens is 2. The molecule has 3 heterocycles. The van der Waals surface area contributed by atoms with Gasteiger partial charge < -0.3 is 19.7 Å². The molecule has 0 bridgehead atoms. The summed E-state index contributed by atoms with van der Waals surface area (Å²) in [4.78, 5) is 15.7. The molecular weight excluding hydrogens is 380 g/mol. The van der Waals surface area contributed by atoms with Crippen molar-refractivity contribution in [1.29, 1.82) is 0 Å². The lowest BCUT2D eigenvalue weighted by Gasteiger charge is -2.44. The van der Waals surface area contributed by atoms with Crippen molar-refractivity contribution < 1.29 is 14.3 Å². The fourth-order valence-corrected chi connectivity index (χ4v) is 5.55. The van der Waals surface area contributed by atoms with Crippen molar-refractivity contribution >= 4 is 5.91 Å². The Morgan fingerprint density at radius 3 is 2.80 bits per heavy atom. The zero-order chi connectivity index (χ0) is 20.7. The van der Waals surface area contributed by atoms with Crippen molar-refractivity contribution in [3.05, 3.63) is 29.0 Å². The monoisotopic (exact) mass is 410 g/mol. The largest absolute Gasteiger partial charge is 0.493 e. The number of H-pyrrole nitrogens is 1. The lowest BCUT2D eigenvalue weighted by molar-refractivity contribution is 0.0575. The van der Waals surface area contributed by atoms with Crippen LogP contribution in [0.15, 0.2) is 12.1 Å². The number of amides is 1. The molecule has 2 fully saturated rings. The van der Waals surface area contributed by atoms with Crippen molar-refractivity contribution in [2.75, 3.05) is 33.9 Å². The molecule has 2 atom stereocenters. The second-order valence-electron chi connectivity index (χ2n) is 8.68. The van der Waals surface area contributed by atoms with Crippen molar-refractivity contribution in [2.45, 2.75) is 44.6 Å². The maximum absolute atomic E-state index is 13.0. The average molecular weight is 411 g/mol. The molecule has 3 aliphatic rings. The maximum Gasteiger partial charge on any atom is 0.269 e. The number of carbonyl (C=O) groups excluding carboxylic acids is 1. The molecule has 0 radical (unpaired) electrons. The van der Waals surface area contributed by atoms with Crippen LogP contribution in [0.5, 0.6) is 11.5 Å². The Kier molecular flexibility index (Phi) is 5.15. The molecule has 2 N–H and O–H groups in total. The summed E-state index contributed by atoms with van der Waals surface area (Å²) in [5.41, 5.74) is 4.49. The van der Waals surface area contributed by atoms with Gasteiger partial charge in [0.25, 0.3) is 5.91 Å². The van der Waals surface area contributed by atoms with Crippen LogP contribution in [0, 0.1) is 5.92 Å². The highest BCUT2D eigenvalue weighted by Crippen LogP contribution is 2.42. The van der Waals surface area contributed by atoms with Crippen molar-refractivity contribution in [3.8, 4) is 22.8 Å². The van der Waals surface area contributed by atoms with Gasteiger partial charge in [0.05, 0.1) is 19.9 Å². The van der Waals surface area contributed by atoms with Crippen LogP contribution in [0.4, 0.5) is 0 Å². The van der Waals surface area contributed by atoms with Crippen molar-refractivity contribution in [2.24, 2.45) is 5.92 Å². The van der Waals surface area contributed by atoms with Crippen LogP contribution in [0.2, 0.25) is 0 Å². The Morgan fingerprint density at radius 2 is 1.97 bits per heavy atom. The van der Waals surface area contributed by atoms with Crippen LogP contribution in [0.1, 0.15) is 53.7 Å². The van der Waals surface area contributed by atoms with Gasteiger partial charge in [0.15, 0.2) is 11.5 Å². The summed E-state index contributed by atoms with van der Waals surface area (Å²) in [6, 6.07) is 4.56. The van der Waals surface area contributed by atoms with E-state index in [1.807, 2.05) is 12.1 Å². The molecule has 5 rings (SSSR count). The second-order valence-corrected chi connectivity index (χ2v) is 8.68. The first kappa shape index (κ1) is 19.4. The molecule has 7 heteroatoms. The minimum atomic E-state index is -0.0524. The molecule has 160 valence electrons. The maximum atomic E-state index is 13.0. The second kappa shape index (κ2) is 7.95. The van der Waals surface area contributed by atoms with E-state index in [2.05, 4.69) is 20.4 Å². The van der Waals surface area contributed by atoms with Gasteiger partial charge in [-0.3, -0.25) is 9.89 Å². The molecule has 0 saturated carbocycles. The lowest BCUT2D eigenvalue weighted by Crippen LogP contribution is -2.51. The number of carbonyl (C=O) groups is 1. The van der Waals surface area contributed by atoms with E-state index in [0.717, 1.165) is 28.9 Å². The number of rotatable bonds is 5. The minimum Gasteiger partial charge on any atom is -0.493 e. The summed E-state index contributed by atoms with van der Waals surface area (Å²) in [5.74, 6) is 1.87. The Balaban J connectivity index is 1.31. The minimum absolute atomic E-state index is 0.0524. The van der Waals surface area contributed by atoms with Gasteiger partial charge >= 0.3 is 0 Å². The molecular formula is C23H30N4O3. The highest BCUT2D eigenvalue weighted by molar-refractivity contribution is 5.97. The number of aromatic amines is 1. The van der Waals surface area contributed by atoms with Gasteiger partial charge in [-0.2, -0.15) is 5.10 Å². The van der Waals surface area contributed by atoms with Gasteiger partial charge in [0.2, 0.25) is 0 Å². The number of hydrogen-bond acceptors (Lipinski definition) is 5. The highest BCUT2D eigenvalue weighted by Gasteiger charge is 2.34. The van der Waals surface area contributed by atoms with E-state index >= 15 is 0 Å². The lowest BCUT2D eigenvalue weighted by atomic mass is 9.83. The van der Waals surface area contributed by atoms with Crippen molar-refractivity contribution in [1.82, 2.24) is 20.4 Å². The molecule has 1 amide bonds. The third-order valence-corrected chi connectivity index (χ3v) is 7.08. The van der Waals surface area contributed by atoms with Crippen LogP contribution >= 0.6 is 0 Å². The van der Waals surface area contributed by atoms with Gasteiger partial charge in [-0.05, 0) is 62.4 Å². The zero-order valence-corrected chi connectivity index (χ0v) is 17.8. The molecule has 0 spiro atoms. The van der Waals surface area contributed by atoms with Crippen LogP contribution in [-0.2, 0) is 6.42 Å². The summed E-state index contributed by atoms with van der Waals surface area (Å²) in [6.07, 6.45) is 6.99. The first-order valence-corrected chi connectivity index (χ1v) is 11.0. The number of hydrogen-bond donors (Lipinski definition) is 2. The summed E-state index contributed by atoms with van der Waals surface area (Å²) in [5, 5.41) is 10.6. The van der Waals surface area contributed by atoms with E-state index in [4.69, 9.17) is 9.47 Å². The van der Waals surface area contributed by atoms with E-state index in [1.54, 1.807) is 14.2 Å². The van der Waals surface area contributed by atoms with Crippen LogP contribution in [0.25, 0.3) is 11.3 Å². The molecule has 2 saturated heterocycles. The topological polar surface area (TPSA) is 79.5 Å².